The van der Waals surface area contributed by atoms with Crippen LogP contribution in [-0.4, -0.2) is 22.8 Å². The first-order chi connectivity index (χ1) is 9.04. The molecule has 5 heteroatoms. The number of rotatable bonds is 2. The molecule has 2 atom stereocenters. The molecular formula is C14H20N4O. The van der Waals surface area contributed by atoms with Crippen LogP contribution in [0.25, 0.3) is 0 Å². The first kappa shape index (κ1) is 13.4. The highest BCUT2D eigenvalue weighted by atomic mass is 16.2. The summed E-state index contributed by atoms with van der Waals surface area (Å²) in [6, 6.07) is 7.25. The van der Waals surface area contributed by atoms with Gasteiger partial charge in [0.2, 0.25) is 5.91 Å². The van der Waals surface area contributed by atoms with E-state index in [4.69, 9.17) is 11.1 Å². The number of nitrogens with two attached hydrogens (primary N) is 1. The Morgan fingerprint density at radius 1 is 1.58 bits per heavy atom. The molecule has 1 amide bonds. The third kappa shape index (κ3) is 2.54. The standard InChI is InChI=1S/C14H20N4O/c1-3-9(2)12-13(19)17-11-7-5-4-6-10(11)8-18(12)14(15)16/h4-7,9,12H,3,8H2,1-2H3,(H3,15,16)(H,17,19). The summed E-state index contributed by atoms with van der Waals surface area (Å²) in [5.74, 6) is -0.00938. The van der Waals surface area contributed by atoms with Crippen molar-refractivity contribution in [3.63, 3.8) is 0 Å². The maximum Gasteiger partial charge on any atom is 0.247 e. The molecule has 0 fully saturated rings. The van der Waals surface area contributed by atoms with Crippen LogP contribution < -0.4 is 11.1 Å². The van der Waals surface area contributed by atoms with Gasteiger partial charge < -0.3 is 16.0 Å². The number of hydrogen-bond acceptors (Lipinski definition) is 2. The number of nitrogens with one attached hydrogen (secondary N) is 2. The quantitative estimate of drug-likeness (QED) is 0.559. The highest BCUT2D eigenvalue weighted by molar-refractivity contribution is 5.98. The lowest BCUT2D eigenvalue weighted by molar-refractivity contribution is -0.121. The van der Waals surface area contributed by atoms with Gasteiger partial charge in [0.15, 0.2) is 5.96 Å². The Labute approximate surface area is 113 Å². The Kier molecular flexibility index (Phi) is 3.74. The lowest BCUT2D eigenvalue weighted by Crippen LogP contribution is -2.51. The van der Waals surface area contributed by atoms with Crippen molar-refractivity contribution in [1.82, 2.24) is 4.90 Å². The van der Waals surface area contributed by atoms with E-state index in [2.05, 4.69) is 5.32 Å². The zero-order valence-corrected chi connectivity index (χ0v) is 11.3. The van der Waals surface area contributed by atoms with Crippen LogP contribution in [0.1, 0.15) is 25.8 Å². The average molecular weight is 260 g/mol. The number of hydrogen-bond donors (Lipinski definition) is 3. The molecule has 2 rings (SSSR count). The van der Waals surface area contributed by atoms with E-state index in [0.717, 1.165) is 17.7 Å². The molecule has 19 heavy (non-hydrogen) atoms. The molecule has 5 nitrogen and oxygen atoms in total. The number of carbonyl (C=O) groups excluding carboxylic acids is 1. The number of carbonyl (C=O) groups is 1. The van der Waals surface area contributed by atoms with Crippen LogP contribution in [0.2, 0.25) is 0 Å². The number of anilines is 1. The molecule has 1 heterocycles. The molecule has 0 saturated heterocycles. The molecule has 0 aliphatic carbocycles. The fourth-order valence-corrected chi connectivity index (χ4v) is 2.43. The summed E-state index contributed by atoms with van der Waals surface area (Å²) in [6.07, 6.45) is 0.859. The van der Waals surface area contributed by atoms with Crippen LogP contribution >= 0.6 is 0 Å². The first-order valence-electron chi connectivity index (χ1n) is 6.54. The smallest absolute Gasteiger partial charge is 0.247 e. The minimum atomic E-state index is -0.394. The summed E-state index contributed by atoms with van der Waals surface area (Å²) in [5, 5.41) is 10.7. The fourth-order valence-electron chi connectivity index (χ4n) is 2.43. The van der Waals surface area contributed by atoms with E-state index < -0.39 is 6.04 Å². The molecule has 0 radical (unpaired) electrons. The largest absolute Gasteiger partial charge is 0.370 e. The summed E-state index contributed by atoms with van der Waals surface area (Å²) in [6.45, 7) is 4.53. The van der Waals surface area contributed by atoms with Crippen LogP contribution in [0.15, 0.2) is 24.3 Å². The molecule has 4 N–H and O–H groups in total. The molecule has 102 valence electrons. The van der Waals surface area contributed by atoms with Crippen molar-refractivity contribution in [2.45, 2.75) is 32.9 Å². The van der Waals surface area contributed by atoms with Crippen molar-refractivity contribution in [3.05, 3.63) is 29.8 Å². The molecule has 1 aliphatic heterocycles. The van der Waals surface area contributed by atoms with E-state index in [1.807, 2.05) is 38.1 Å². The summed E-state index contributed by atoms with van der Waals surface area (Å²) in [4.78, 5) is 14.1. The summed E-state index contributed by atoms with van der Waals surface area (Å²) < 4.78 is 0. The first-order valence-corrected chi connectivity index (χ1v) is 6.54. The fraction of sp³-hybridized carbons (Fsp3) is 0.429. The van der Waals surface area contributed by atoms with Gasteiger partial charge in [0, 0.05) is 12.2 Å². The highest BCUT2D eigenvalue weighted by Gasteiger charge is 2.34. The van der Waals surface area contributed by atoms with E-state index >= 15 is 0 Å². The lowest BCUT2D eigenvalue weighted by atomic mass is 9.97. The minimum Gasteiger partial charge on any atom is -0.370 e. The number of para-hydroxylation sites is 1. The predicted octanol–water partition coefficient (Wildman–Crippen LogP) is 1.75. The third-order valence-electron chi connectivity index (χ3n) is 3.71. The van der Waals surface area contributed by atoms with E-state index in [-0.39, 0.29) is 17.8 Å². The Bertz CT molecular complexity index is 500. The van der Waals surface area contributed by atoms with Gasteiger partial charge >= 0.3 is 0 Å². The molecule has 0 spiro atoms. The maximum atomic E-state index is 12.4. The molecule has 1 aromatic rings. The average Bonchev–Trinajstić information content (AvgIpc) is 2.53. The van der Waals surface area contributed by atoms with E-state index in [9.17, 15) is 4.79 Å². The second-order valence-corrected chi connectivity index (χ2v) is 4.99. The van der Waals surface area contributed by atoms with Gasteiger partial charge in [-0.3, -0.25) is 10.2 Å². The Balaban J connectivity index is 2.42. The van der Waals surface area contributed by atoms with Gasteiger partial charge in [0.1, 0.15) is 6.04 Å². The van der Waals surface area contributed by atoms with E-state index in [1.165, 1.54) is 0 Å². The van der Waals surface area contributed by atoms with Gasteiger partial charge in [0.05, 0.1) is 0 Å². The molecular weight excluding hydrogens is 240 g/mol. The van der Waals surface area contributed by atoms with E-state index in [1.54, 1.807) is 4.90 Å². The van der Waals surface area contributed by atoms with Gasteiger partial charge in [0.25, 0.3) is 0 Å². The number of fused-ring (bicyclic) bond motifs is 1. The summed E-state index contributed by atoms with van der Waals surface area (Å²) in [5.41, 5.74) is 7.46. The number of nitrogens with zero attached hydrogens (tertiary/aromatic N) is 1. The van der Waals surface area contributed by atoms with Crippen molar-refractivity contribution in [3.8, 4) is 0 Å². The highest BCUT2D eigenvalue weighted by Crippen LogP contribution is 2.26. The molecule has 1 aliphatic rings. The molecule has 1 aromatic carbocycles. The topological polar surface area (TPSA) is 82.2 Å². The molecule has 2 unspecified atom stereocenters. The van der Waals surface area contributed by atoms with Crippen molar-refractivity contribution in [2.75, 3.05) is 5.32 Å². The molecule has 0 saturated carbocycles. The maximum absolute atomic E-state index is 12.4. The van der Waals surface area contributed by atoms with Crippen molar-refractivity contribution >= 4 is 17.6 Å². The normalized spacial score (nSPS) is 20.2. The molecule has 0 aromatic heterocycles. The van der Waals surface area contributed by atoms with E-state index in [0.29, 0.717) is 6.54 Å². The van der Waals surface area contributed by atoms with Crippen molar-refractivity contribution in [2.24, 2.45) is 11.7 Å². The second kappa shape index (κ2) is 5.30. The number of guanidine groups is 1. The van der Waals surface area contributed by atoms with Crippen molar-refractivity contribution in [1.29, 1.82) is 5.41 Å². The minimum absolute atomic E-state index is 0.0582. The molecule has 0 bridgehead atoms. The third-order valence-corrected chi connectivity index (χ3v) is 3.71. The second-order valence-electron chi connectivity index (χ2n) is 4.99. The van der Waals surface area contributed by atoms with Gasteiger partial charge in [-0.25, -0.2) is 0 Å². The van der Waals surface area contributed by atoms with Crippen LogP contribution in [0.4, 0.5) is 5.69 Å². The van der Waals surface area contributed by atoms with Crippen LogP contribution in [-0.2, 0) is 11.3 Å². The van der Waals surface area contributed by atoms with Gasteiger partial charge in [-0.05, 0) is 17.5 Å². The van der Waals surface area contributed by atoms with Crippen LogP contribution in [0.3, 0.4) is 0 Å². The predicted molar refractivity (Wildman–Crippen MR) is 75.8 cm³/mol. The van der Waals surface area contributed by atoms with Gasteiger partial charge in [-0.15, -0.1) is 0 Å². The van der Waals surface area contributed by atoms with Gasteiger partial charge in [-0.2, -0.15) is 0 Å². The zero-order chi connectivity index (χ0) is 14.0. The summed E-state index contributed by atoms with van der Waals surface area (Å²) in [7, 11) is 0. The van der Waals surface area contributed by atoms with Crippen molar-refractivity contribution < 1.29 is 4.79 Å². The Morgan fingerprint density at radius 2 is 2.26 bits per heavy atom. The summed E-state index contributed by atoms with van der Waals surface area (Å²) >= 11 is 0. The monoisotopic (exact) mass is 260 g/mol. The number of benzene rings is 1. The lowest BCUT2D eigenvalue weighted by Gasteiger charge is -2.32. The zero-order valence-electron chi connectivity index (χ0n) is 11.3. The SMILES string of the molecule is CCC(C)C1C(=O)Nc2ccccc2CN1C(=N)N. The Morgan fingerprint density at radius 3 is 2.89 bits per heavy atom. The number of amides is 1. The van der Waals surface area contributed by atoms with Gasteiger partial charge in [-0.1, -0.05) is 38.5 Å². The van der Waals surface area contributed by atoms with Crippen LogP contribution in [0, 0.1) is 11.3 Å². The van der Waals surface area contributed by atoms with Crippen LogP contribution in [0.5, 0.6) is 0 Å². The Hall–Kier alpha value is -2.04.